The van der Waals surface area contributed by atoms with Gasteiger partial charge < -0.3 is 9.80 Å². The number of piperazine rings is 1. The van der Waals surface area contributed by atoms with Gasteiger partial charge >= 0.3 is 0 Å². The first-order valence-corrected chi connectivity index (χ1v) is 9.84. The lowest BCUT2D eigenvalue weighted by molar-refractivity contribution is -0.132. The van der Waals surface area contributed by atoms with Gasteiger partial charge in [-0.25, -0.2) is 0 Å². The van der Waals surface area contributed by atoms with Gasteiger partial charge in [0, 0.05) is 51.2 Å². The van der Waals surface area contributed by atoms with E-state index < -0.39 is 0 Å². The van der Waals surface area contributed by atoms with Crippen LogP contribution in [0.1, 0.15) is 45.1 Å². The molecule has 4 nitrogen and oxygen atoms in total. The standard InChI is InChI=1S/C21H33N3O/c1-21(2,24-13-6-10-20(24)25)11-7-12-22-14-16-23(17-15-22)18-19-8-4-3-5-9-19/h3-5,8-9H,6-7,10-18H2,1-2H3. The lowest BCUT2D eigenvalue weighted by Crippen LogP contribution is -2.47. The second kappa shape index (κ2) is 8.33. The van der Waals surface area contributed by atoms with E-state index in [9.17, 15) is 4.79 Å². The minimum absolute atomic E-state index is 0.0166. The van der Waals surface area contributed by atoms with Crippen molar-refractivity contribution in [1.29, 1.82) is 0 Å². The Bertz CT molecular complexity index is 550. The Morgan fingerprint density at radius 1 is 0.960 bits per heavy atom. The predicted octanol–water partition coefficient (Wildman–Crippen LogP) is 2.99. The van der Waals surface area contributed by atoms with E-state index in [-0.39, 0.29) is 5.54 Å². The van der Waals surface area contributed by atoms with E-state index in [4.69, 9.17) is 0 Å². The number of carbonyl (C=O) groups excluding carboxylic acids is 1. The lowest BCUT2D eigenvalue weighted by atomic mass is 9.96. The normalized spacial score (nSPS) is 20.4. The van der Waals surface area contributed by atoms with Crippen LogP contribution >= 0.6 is 0 Å². The zero-order chi connectivity index (χ0) is 17.7. The Morgan fingerprint density at radius 2 is 1.64 bits per heavy atom. The molecule has 0 bridgehead atoms. The van der Waals surface area contributed by atoms with E-state index >= 15 is 0 Å². The molecule has 0 unspecified atom stereocenters. The predicted molar refractivity (Wildman–Crippen MR) is 102 cm³/mol. The molecule has 1 aromatic rings. The van der Waals surface area contributed by atoms with Gasteiger partial charge in [-0.05, 0) is 45.2 Å². The van der Waals surface area contributed by atoms with E-state index in [2.05, 4.69) is 58.9 Å². The van der Waals surface area contributed by atoms with Crippen LogP contribution in [0.3, 0.4) is 0 Å². The van der Waals surface area contributed by atoms with E-state index in [1.54, 1.807) is 0 Å². The first kappa shape index (κ1) is 18.4. The zero-order valence-electron chi connectivity index (χ0n) is 15.9. The maximum Gasteiger partial charge on any atom is 0.223 e. The molecule has 2 aliphatic rings. The Hall–Kier alpha value is -1.39. The lowest BCUT2D eigenvalue weighted by Gasteiger charge is -2.38. The van der Waals surface area contributed by atoms with Crippen molar-refractivity contribution >= 4 is 5.91 Å². The summed E-state index contributed by atoms with van der Waals surface area (Å²) in [6, 6.07) is 10.8. The molecular formula is C21H33N3O. The van der Waals surface area contributed by atoms with Crippen LogP contribution in [0.25, 0.3) is 0 Å². The quantitative estimate of drug-likeness (QED) is 0.761. The third-order valence-corrected chi connectivity index (χ3v) is 5.78. The van der Waals surface area contributed by atoms with Gasteiger partial charge in [-0.1, -0.05) is 30.3 Å². The molecule has 2 saturated heterocycles. The topological polar surface area (TPSA) is 26.8 Å². The summed E-state index contributed by atoms with van der Waals surface area (Å²) in [6.45, 7) is 12.3. The number of hydrogen-bond acceptors (Lipinski definition) is 3. The Labute approximate surface area is 152 Å². The van der Waals surface area contributed by atoms with Gasteiger partial charge in [-0.15, -0.1) is 0 Å². The Morgan fingerprint density at radius 3 is 2.28 bits per heavy atom. The molecule has 0 spiro atoms. The fourth-order valence-electron chi connectivity index (χ4n) is 4.17. The summed E-state index contributed by atoms with van der Waals surface area (Å²) in [5.74, 6) is 0.347. The summed E-state index contributed by atoms with van der Waals surface area (Å²) in [6.07, 6.45) is 4.05. The van der Waals surface area contributed by atoms with Crippen molar-refractivity contribution in [1.82, 2.24) is 14.7 Å². The van der Waals surface area contributed by atoms with Crippen molar-refractivity contribution in [2.24, 2.45) is 0 Å². The molecule has 0 N–H and O–H groups in total. The van der Waals surface area contributed by atoms with Crippen LogP contribution in [0.5, 0.6) is 0 Å². The molecule has 0 saturated carbocycles. The Kier molecular flexibility index (Phi) is 6.13. The molecule has 138 valence electrons. The van der Waals surface area contributed by atoms with E-state index in [0.717, 1.165) is 65.1 Å². The van der Waals surface area contributed by atoms with E-state index in [0.29, 0.717) is 5.91 Å². The fraction of sp³-hybridized carbons (Fsp3) is 0.667. The average molecular weight is 344 g/mol. The number of carbonyl (C=O) groups is 1. The van der Waals surface area contributed by atoms with Crippen LogP contribution in [0.4, 0.5) is 0 Å². The van der Waals surface area contributed by atoms with Crippen LogP contribution in [0, 0.1) is 0 Å². The zero-order valence-corrected chi connectivity index (χ0v) is 15.9. The van der Waals surface area contributed by atoms with Gasteiger partial charge in [0.2, 0.25) is 5.91 Å². The van der Waals surface area contributed by atoms with Crippen molar-refractivity contribution < 1.29 is 4.79 Å². The van der Waals surface area contributed by atoms with Gasteiger partial charge in [0.1, 0.15) is 0 Å². The maximum absolute atomic E-state index is 12.0. The molecule has 0 atom stereocenters. The molecule has 0 aliphatic carbocycles. The van der Waals surface area contributed by atoms with Crippen LogP contribution in [0.15, 0.2) is 30.3 Å². The summed E-state index contributed by atoms with van der Waals surface area (Å²) in [5.41, 5.74) is 1.43. The molecule has 2 heterocycles. The highest BCUT2D eigenvalue weighted by Crippen LogP contribution is 2.26. The largest absolute Gasteiger partial charge is 0.338 e. The number of nitrogens with zero attached hydrogens (tertiary/aromatic N) is 3. The van der Waals surface area contributed by atoms with Crippen molar-refractivity contribution in [2.45, 2.75) is 51.6 Å². The smallest absolute Gasteiger partial charge is 0.223 e. The highest BCUT2D eigenvalue weighted by Gasteiger charge is 2.33. The Balaban J connectivity index is 1.36. The highest BCUT2D eigenvalue weighted by molar-refractivity contribution is 5.78. The summed E-state index contributed by atoms with van der Waals surface area (Å²) >= 11 is 0. The van der Waals surface area contributed by atoms with Crippen molar-refractivity contribution in [2.75, 3.05) is 39.3 Å². The van der Waals surface area contributed by atoms with Gasteiger partial charge in [0.15, 0.2) is 0 Å². The van der Waals surface area contributed by atoms with E-state index in [1.807, 2.05) is 0 Å². The summed E-state index contributed by atoms with van der Waals surface area (Å²) in [7, 11) is 0. The van der Waals surface area contributed by atoms with Crippen LogP contribution in [-0.2, 0) is 11.3 Å². The first-order chi connectivity index (χ1) is 12.0. The van der Waals surface area contributed by atoms with Gasteiger partial charge in [-0.2, -0.15) is 0 Å². The second-order valence-electron chi connectivity index (χ2n) is 8.17. The molecule has 4 heteroatoms. The summed E-state index contributed by atoms with van der Waals surface area (Å²) < 4.78 is 0. The van der Waals surface area contributed by atoms with Crippen molar-refractivity contribution in [3.05, 3.63) is 35.9 Å². The molecular weight excluding hydrogens is 310 g/mol. The molecule has 2 fully saturated rings. The molecule has 2 aliphatic heterocycles. The molecule has 0 aromatic heterocycles. The van der Waals surface area contributed by atoms with Crippen LogP contribution in [0.2, 0.25) is 0 Å². The minimum Gasteiger partial charge on any atom is -0.338 e. The SMILES string of the molecule is CC(C)(CCCN1CCN(Cc2ccccc2)CC1)N1CCCC1=O. The minimum atomic E-state index is 0.0166. The van der Waals surface area contributed by atoms with Crippen LogP contribution < -0.4 is 0 Å². The first-order valence-electron chi connectivity index (χ1n) is 9.84. The van der Waals surface area contributed by atoms with Crippen molar-refractivity contribution in [3.63, 3.8) is 0 Å². The maximum atomic E-state index is 12.0. The molecule has 25 heavy (non-hydrogen) atoms. The van der Waals surface area contributed by atoms with Gasteiger partial charge in [-0.3, -0.25) is 9.69 Å². The van der Waals surface area contributed by atoms with Crippen molar-refractivity contribution in [3.8, 4) is 0 Å². The molecule has 1 amide bonds. The number of amides is 1. The highest BCUT2D eigenvalue weighted by atomic mass is 16.2. The summed E-state index contributed by atoms with van der Waals surface area (Å²) in [4.78, 5) is 19.2. The summed E-state index contributed by atoms with van der Waals surface area (Å²) in [5, 5.41) is 0. The van der Waals surface area contributed by atoms with E-state index in [1.165, 1.54) is 12.0 Å². The third-order valence-electron chi connectivity index (χ3n) is 5.78. The molecule has 3 rings (SSSR count). The monoisotopic (exact) mass is 343 g/mol. The van der Waals surface area contributed by atoms with Gasteiger partial charge in [0.25, 0.3) is 0 Å². The number of rotatable bonds is 7. The number of benzene rings is 1. The second-order valence-corrected chi connectivity index (χ2v) is 8.17. The fourth-order valence-corrected chi connectivity index (χ4v) is 4.17. The number of likely N-dealkylation sites (tertiary alicyclic amines) is 1. The average Bonchev–Trinajstić information content (AvgIpc) is 3.04. The number of hydrogen-bond donors (Lipinski definition) is 0. The van der Waals surface area contributed by atoms with Crippen LogP contribution in [-0.4, -0.2) is 65.4 Å². The third kappa shape index (κ3) is 5.05. The molecule has 1 aromatic carbocycles. The van der Waals surface area contributed by atoms with Gasteiger partial charge in [0.05, 0.1) is 0 Å². The molecule has 0 radical (unpaired) electrons.